The molecule has 5 nitrogen and oxygen atoms in total. The van der Waals surface area contributed by atoms with Crippen LogP contribution in [0.1, 0.15) is 30.6 Å². The van der Waals surface area contributed by atoms with Crippen molar-refractivity contribution in [2.45, 2.75) is 26.3 Å². The summed E-state index contributed by atoms with van der Waals surface area (Å²) in [5.74, 6) is -1.28. The summed E-state index contributed by atoms with van der Waals surface area (Å²) in [6.07, 6.45) is 0.475. The number of hydrogen-bond acceptors (Lipinski definition) is 3. The van der Waals surface area contributed by atoms with E-state index in [9.17, 15) is 9.59 Å². The van der Waals surface area contributed by atoms with Gasteiger partial charge in [-0.15, -0.1) is 0 Å². The van der Waals surface area contributed by atoms with Crippen LogP contribution in [0.3, 0.4) is 0 Å². The minimum absolute atomic E-state index is 0.236. The lowest BCUT2D eigenvalue weighted by atomic mass is 10.0. The summed E-state index contributed by atoms with van der Waals surface area (Å²) >= 11 is 0. The maximum atomic E-state index is 11.2. The number of carboxylic acid groups (broad SMARTS) is 1. The van der Waals surface area contributed by atoms with Crippen molar-refractivity contribution < 1.29 is 14.7 Å². The number of carbonyl (C=O) groups excluding carboxylic acids is 1. The largest absolute Gasteiger partial charge is 0.480 e. The molecule has 1 aromatic rings. The number of primary amides is 1. The van der Waals surface area contributed by atoms with Crippen LogP contribution >= 0.6 is 0 Å². The molecular formula is C13H18N2O3. The summed E-state index contributed by atoms with van der Waals surface area (Å²) < 4.78 is 0. The second-order valence-electron chi connectivity index (χ2n) is 4.57. The number of aliphatic carboxylic acids is 1. The third-order valence-corrected chi connectivity index (χ3v) is 2.53. The van der Waals surface area contributed by atoms with E-state index in [-0.39, 0.29) is 5.92 Å². The Morgan fingerprint density at radius 2 is 1.94 bits per heavy atom. The van der Waals surface area contributed by atoms with Crippen LogP contribution in [0.25, 0.3) is 0 Å². The van der Waals surface area contributed by atoms with E-state index >= 15 is 0 Å². The van der Waals surface area contributed by atoms with Crippen molar-refractivity contribution in [3.05, 3.63) is 29.8 Å². The first-order valence-corrected chi connectivity index (χ1v) is 5.80. The molecular weight excluding hydrogens is 232 g/mol. The van der Waals surface area contributed by atoms with Gasteiger partial charge in [-0.1, -0.05) is 26.0 Å². The lowest BCUT2D eigenvalue weighted by molar-refractivity contribution is -0.138. The van der Waals surface area contributed by atoms with Gasteiger partial charge in [-0.3, -0.25) is 4.79 Å². The van der Waals surface area contributed by atoms with E-state index in [1.807, 2.05) is 13.8 Å². The molecule has 0 bridgehead atoms. The molecule has 0 fully saturated rings. The van der Waals surface area contributed by atoms with Gasteiger partial charge in [-0.25, -0.2) is 4.79 Å². The molecule has 0 aliphatic heterocycles. The number of rotatable bonds is 6. The van der Waals surface area contributed by atoms with E-state index in [1.165, 1.54) is 0 Å². The van der Waals surface area contributed by atoms with Crippen LogP contribution in [-0.2, 0) is 4.79 Å². The normalized spacial score (nSPS) is 12.2. The molecule has 0 aromatic heterocycles. The average Bonchev–Trinajstić information content (AvgIpc) is 2.27. The zero-order valence-corrected chi connectivity index (χ0v) is 10.5. The van der Waals surface area contributed by atoms with E-state index in [0.717, 1.165) is 0 Å². The highest BCUT2D eigenvalue weighted by atomic mass is 16.4. The number of carbonyl (C=O) groups is 2. The first kappa shape index (κ1) is 14.0. The third kappa shape index (κ3) is 3.76. The first-order valence-electron chi connectivity index (χ1n) is 5.80. The van der Waals surface area contributed by atoms with E-state index in [2.05, 4.69) is 5.32 Å². The molecule has 1 amide bonds. The minimum atomic E-state index is -0.942. The molecule has 1 unspecified atom stereocenters. The van der Waals surface area contributed by atoms with Gasteiger partial charge in [0.15, 0.2) is 0 Å². The fraction of sp³-hybridized carbons (Fsp3) is 0.385. The van der Waals surface area contributed by atoms with Crippen molar-refractivity contribution in [3.63, 3.8) is 0 Å². The number of para-hydroxylation sites is 1. The molecule has 0 saturated heterocycles. The van der Waals surface area contributed by atoms with Gasteiger partial charge < -0.3 is 16.2 Å². The van der Waals surface area contributed by atoms with Crippen LogP contribution < -0.4 is 11.1 Å². The van der Waals surface area contributed by atoms with Gasteiger partial charge in [0.25, 0.3) is 5.91 Å². The number of benzene rings is 1. The van der Waals surface area contributed by atoms with E-state index < -0.39 is 17.9 Å². The molecule has 0 spiro atoms. The van der Waals surface area contributed by atoms with Gasteiger partial charge in [-0.2, -0.15) is 0 Å². The topological polar surface area (TPSA) is 92.4 Å². The molecule has 1 atom stereocenters. The van der Waals surface area contributed by atoms with Crippen LogP contribution in [-0.4, -0.2) is 23.0 Å². The van der Waals surface area contributed by atoms with Crippen LogP contribution in [0, 0.1) is 5.92 Å². The highest BCUT2D eigenvalue weighted by Crippen LogP contribution is 2.18. The predicted octanol–water partition coefficient (Wildman–Crippen LogP) is 1.70. The van der Waals surface area contributed by atoms with Gasteiger partial charge >= 0.3 is 5.97 Å². The van der Waals surface area contributed by atoms with Crippen molar-refractivity contribution in [1.29, 1.82) is 0 Å². The third-order valence-electron chi connectivity index (χ3n) is 2.53. The number of nitrogens with two attached hydrogens (primary N) is 1. The Kier molecular flexibility index (Phi) is 4.71. The fourth-order valence-electron chi connectivity index (χ4n) is 1.70. The fourth-order valence-corrected chi connectivity index (χ4v) is 1.70. The first-order chi connectivity index (χ1) is 8.41. The molecule has 0 aliphatic carbocycles. The van der Waals surface area contributed by atoms with Crippen molar-refractivity contribution >= 4 is 17.6 Å². The predicted molar refractivity (Wildman–Crippen MR) is 69.5 cm³/mol. The summed E-state index contributed by atoms with van der Waals surface area (Å²) in [7, 11) is 0. The maximum Gasteiger partial charge on any atom is 0.326 e. The number of carboxylic acids is 1. The standard InChI is InChI=1S/C13H18N2O3/c1-8(2)7-11(13(17)18)15-10-6-4-3-5-9(10)12(14)16/h3-6,8,11,15H,7H2,1-2H3,(H2,14,16)(H,17,18). The average molecular weight is 250 g/mol. The van der Waals surface area contributed by atoms with Gasteiger partial charge in [0, 0.05) is 5.69 Å². The van der Waals surface area contributed by atoms with Gasteiger partial charge in [-0.05, 0) is 24.5 Å². The van der Waals surface area contributed by atoms with E-state index in [4.69, 9.17) is 10.8 Å². The SMILES string of the molecule is CC(C)CC(Nc1ccccc1C(N)=O)C(=O)O. The molecule has 0 radical (unpaired) electrons. The zero-order valence-electron chi connectivity index (χ0n) is 10.5. The second-order valence-corrected chi connectivity index (χ2v) is 4.57. The lowest BCUT2D eigenvalue weighted by Gasteiger charge is -2.19. The summed E-state index contributed by atoms with van der Waals surface area (Å²) in [6.45, 7) is 3.88. The zero-order chi connectivity index (χ0) is 13.7. The molecule has 0 aliphatic rings. The second kappa shape index (κ2) is 6.05. The number of hydrogen-bond donors (Lipinski definition) is 3. The van der Waals surface area contributed by atoms with Crippen LogP contribution in [0.2, 0.25) is 0 Å². The molecule has 1 rings (SSSR count). The van der Waals surface area contributed by atoms with E-state index in [1.54, 1.807) is 24.3 Å². The van der Waals surface area contributed by atoms with Crippen molar-refractivity contribution in [3.8, 4) is 0 Å². The summed E-state index contributed by atoms with van der Waals surface area (Å²) in [6, 6.07) is 5.90. The molecule has 0 saturated carbocycles. The molecule has 0 heterocycles. The molecule has 5 heteroatoms. The number of anilines is 1. The maximum absolute atomic E-state index is 11.2. The Labute approximate surface area is 106 Å². The summed E-state index contributed by atoms with van der Waals surface area (Å²) in [4.78, 5) is 22.4. The highest BCUT2D eigenvalue weighted by Gasteiger charge is 2.20. The Morgan fingerprint density at radius 1 is 1.33 bits per heavy atom. The minimum Gasteiger partial charge on any atom is -0.480 e. The van der Waals surface area contributed by atoms with Crippen LogP contribution in [0.4, 0.5) is 5.69 Å². The van der Waals surface area contributed by atoms with Gasteiger partial charge in [0.05, 0.1) is 5.56 Å². The lowest BCUT2D eigenvalue weighted by Crippen LogP contribution is -2.31. The smallest absolute Gasteiger partial charge is 0.326 e. The van der Waals surface area contributed by atoms with Crippen LogP contribution in [0.15, 0.2) is 24.3 Å². The monoisotopic (exact) mass is 250 g/mol. The number of nitrogens with one attached hydrogen (secondary N) is 1. The van der Waals surface area contributed by atoms with Crippen LogP contribution in [0.5, 0.6) is 0 Å². The van der Waals surface area contributed by atoms with Gasteiger partial charge in [0.1, 0.15) is 6.04 Å². The Balaban J connectivity index is 2.93. The quantitative estimate of drug-likeness (QED) is 0.716. The summed E-state index contributed by atoms with van der Waals surface area (Å²) in [5, 5.41) is 12.0. The van der Waals surface area contributed by atoms with Crippen molar-refractivity contribution in [2.75, 3.05) is 5.32 Å². The Morgan fingerprint density at radius 3 is 2.44 bits per heavy atom. The van der Waals surface area contributed by atoms with Crippen molar-refractivity contribution in [1.82, 2.24) is 0 Å². The molecule has 98 valence electrons. The molecule has 4 N–H and O–H groups in total. The van der Waals surface area contributed by atoms with Gasteiger partial charge in [0.2, 0.25) is 0 Å². The highest BCUT2D eigenvalue weighted by molar-refractivity contribution is 5.99. The molecule has 18 heavy (non-hydrogen) atoms. The summed E-state index contributed by atoms with van der Waals surface area (Å²) in [5.41, 5.74) is 6.00. The Hall–Kier alpha value is -2.04. The van der Waals surface area contributed by atoms with Crippen molar-refractivity contribution in [2.24, 2.45) is 11.7 Å². The Bertz CT molecular complexity index is 444. The van der Waals surface area contributed by atoms with E-state index in [0.29, 0.717) is 17.7 Å². The number of amides is 1. The molecule has 1 aromatic carbocycles.